The van der Waals surface area contributed by atoms with Crippen LogP contribution in [0.5, 0.6) is 0 Å². The Balaban J connectivity index is 1.65. The van der Waals surface area contributed by atoms with Gasteiger partial charge in [-0.1, -0.05) is 0 Å². The van der Waals surface area contributed by atoms with E-state index in [0.717, 1.165) is 13.0 Å². The van der Waals surface area contributed by atoms with E-state index in [4.69, 9.17) is 9.47 Å². The monoisotopic (exact) mass is 263 g/mol. The fourth-order valence-corrected chi connectivity index (χ4v) is 2.89. The fourth-order valence-electron chi connectivity index (χ4n) is 2.89. The first-order valence-electron chi connectivity index (χ1n) is 6.43. The highest BCUT2D eigenvalue weighted by molar-refractivity contribution is 5.92. The summed E-state index contributed by atoms with van der Waals surface area (Å²) < 4.78 is 11.1. The lowest BCUT2D eigenvalue weighted by Crippen LogP contribution is -2.66. The molecular weight excluding hydrogens is 246 g/mol. The van der Waals surface area contributed by atoms with Crippen LogP contribution in [0, 0.1) is 5.92 Å². The molecule has 0 radical (unpaired) electrons. The van der Waals surface area contributed by atoms with E-state index in [1.165, 1.54) is 12.4 Å². The predicted molar refractivity (Wildman–Crippen MR) is 66.6 cm³/mol. The maximum atomic E-state index is 12.2. The van der Waals surface area contributed by atoms with Crippen molar-refractivity contribution in [3.8, 4) is 0 Å². The molecule has 0 N–H and O–H groups in total. The van der Waals surface area contributed by atoms with Crippen LogP contribution in [0.2, 0.25) is 0 Å². The van der Waals surface area contributed by atoms with E-state index in [1.54, 1.807) is 18.2 Å². The van der Waals surface area contributed by atoms with Gasteiger partial charge in [0.15, 0.2) is 0 Å². The van der Waals surface area contributed by atoms with Crippen LogP contribution in [0.1, 0.15) is 16.9 Å². The lowest BCUT2D eigenvalue weighted by atomic mass is 9.81. The van der Waals surface area contributed by atoms with Crippen molar-refractivity contribution in [2.75, 3.05) is 33.4 Å². The molecule has 0 aromatic carbocycles. The van der Waals surface area contributed by atoms with Crippen molar-refractivity contribution in [2.45, 2.75) is 12.0 Å². The quantitative estimate of drug-likeness (QED) is 0.787. The molecule has 2 saturated heterocycles. The number of nitrogens with zero attached hydrogens (tertiary/aromatic N) is 3. The summed E-state index contributed by atoms with van der Waals surface area (Å²) >= 11 is 0. The second-order valence-electron chi connectivity index (χ2n) is 5.11. The number of rotatable bonds is 3. The first-order chi connectivity index (χ1) is 9.25. The van der Waals surface area contributed by atoms with Crippen molar-refractivity contribution in [1.29, 1.82) is 0 Å². The number of ether oxygens (including phenoxy) is 2. The van der Waals surface area contributed by atoms with Crippen LogP contribution in [-0.2, 0) is 9.47 Å². The number of carbonyl (C=O) groups excluding carboxylic acids is 1. The molecule has 0 bridgehead atoms. The summed E-state index contributed by atoms with van der Waals surface area (Å²) in [5.41, 5.74) is 0.187. The topological polar surface area (TPSA) is 64.6 Å². The van der Waals surface area contributed by atoms with Gasteiger partial charge in [-0.25, -0.2) is 4.98 Å². The SMILES string of the molecule is COC[C@H]1CCOC12CN(C(=O)c1cnccn1)C2. The van der Waals surface area contributed by atoms with E-state index in [1.807, 2.05) is 0 Å². The van der Waals surface area contributed by atoms with Gasteiger partial charge in [0.05, 0.1) is 25.9 Å². The average Bonchev–Trinajstić information content (AvgIpc) is 2.81. The highest BCUT2D eigenvalue weighted by atomic mass is 16.5. The molecule has 6 nitrogen and oxygen atoms in total. The zero-order valence-corrected chi connectivity index (χ0v) is 10.9. The van der Waals surface area contributed by atoms with E-state index in [0.29, 0.717) is 31.3 Å². The minimum atomic E-state index is -0.201. The first kappa shape index (κ1) is 12.5. The summed E-state index contributed by atoms with van der Waals surface area (Å²) in [4.78, 5) is 21.9. The Labute approximate surface area is 111 Å². The molecule has 1 aromatic rings. The summed E-state index contributed by atoms with van der Waals surface area (Å²) in [5.74, 6) is 0.300. The molecule has 1 spiro atoms. The molecule has 2 aliphatic rings. The van der Waals surface area contributed by atoms with Gasteiger partial charge >= 0.3 is 0 Å². The third-order valence-electron chi connectivity index (χ3n) is 3.95. The van der Waals surface area contributed by atoms with E-state index >= 15 is 0 Å². The highest BCUT2D eigenvalue weighted by Gasteiger charge is 2.54. The molecular formula is C13H17N3O3. The van der Waals surface area contributed by atoms with E-state index in [2.05, 4.69) is 9.97 Å². The van der Waals surface area contributed by atoms with E-state index in [-0.39, 0.29) is 11.5 Å². The molecule has 6 heteroatoms. The van der Waals surface area contributed by atoms with Crippen molar-refractivity contribution >= 4 is 5.91 Å². The Kier molecular flexibility index (Phi) is 3.20. The molecule has 3 rings (SSSR count). The zero-order valence-electron chi connectivity index (χ0n) is 10.9. The third kappa shape index (κ3) is 2.11. The largest absolute Gasteiger partial charge is 0.384 e. The molecule has 0 unspecified atom stereocenters. The van der Waals surface area contributed by atoms with Crippen molar-refractivity contribution < 1.29 is 14.3 Å². The number of hydrogen-bond acceptors (Lipinski definition) is 5. The number of likely N-dealkylation sites (tertiary alicyclic amines) is 1. The normalized spacial score (nSPS) is 24.5. The third-order valence-corrected chi connectivity index (χ3v) is 3.95. The van der Waals surface area contributed by atoms with E-state index in [9.17, 15) is 4.79 Å². The summed E-state index contributed by atoms with van der Waals surface area (Å²) in [6, 6.07) is 0. The molecule has 0 aliphatic carbocycles. The van der Waals surface area contributed by atoms with Crippen molar-refractivity contribution in [3.05, 3.63) is 24.3 Å². The highest BCUT2D eigenvalue weighted by Crippen LogP contribution is 2.40. The molecule has 19 heavy (non-hydrogen) atoms. The van der Waals surface area contributed by atoms with Crippen LogP contribution in [0.3, 0.4) is 0 Å². The van der Waals surface area contributed by atoms with Gasteiger partial charge in [0, 0.05) is 32.0 Å². The van der Waals surface area contributed by atoms with Crippen LogP contribution >= 0.6 is 0 Å². The number of amides is 1. The lowest BCUT2D eigenvalue weighted by molar-refractivity contribution is -0.126. The second-order valence-corrected chi connectivity index (χ2v) is 5.11. The Hall–Kier alpha value is -1.53. The molecule has 3 heterocycles. The molecule has 1 aromatic heterocycles. The van der Waals surface area contributed by atoms with E-state index < -0.39 is 0 Å². The molecule has 1 amide bonds. The van der Waals surface area contributed by atoms with Crippen LogP contribution in [0.25, 0.3) is 0 Å². The van der Waals surface area contributed by atoms with Crippen molar-refractivity contribution in [1.82, 2.24) is 14.9 Å². The van der Waals surface area contributed by atoms with Crippen molar-refractivity contribution in [2.24, 2.45) is 5.92 Å². The van der Waals surface area contributed by atoms with Crippen LogP contribution in [0.4, 0.5) is 0 Å². The number of carbonyl (C=O) groups is 1. The van der Waals surface area contributed by atoms with Gasteiger partial charge in [0.2, 0.25) is 0 Å². The van der Waals surface area contributed by atoms with Gasteiger partial charge in [0.25, 0.3) is 5.91 Å². The Morgan fingerprint density at radius 3 is 3.11 bits per heavy atom. The molecule has 1 atom stereocenters. The smallest absolute Gasteiger partial charge is 0.274 e. The number of aromatic nitrogens is 2. The fraction of sp³-hybridized carbons (Fsp3) is 0.615. The van der Waals surface area contributed by atoms with Gasteiger partial charge < -0.3 is 14.4 Å². The summed E-state index contributed by atoms with van der Waals surface area (Å²) in [5, 5.41) is 0. The molecule has 2 aliphatic heterocycles. The average molecular weight is 263 g/mol. The molecule has 0 saturated carbocycles. The van der Waals surface area contributed by atoms with Gasteiger partial charge in [-0.05, 0) is 6.42 Å². The van der Waals surface area contributed by atoms with Crippen LogP contribution in [-0.4, -0.2) is 59.8 Å². The Bertz CT molecular complexity index is 459. The summed E-state index contributed by atoms with van der Waals surface area (Å²) in [6.07, 6.45) is 5.59. The standard InChI is InChI=1S/C13H17N3O3/c1-18-7-10-2-5-19-13(10)8-16(9-13)12(17)11-6-14-3-4-15-11/h3-4,6,10H,2,5,7-9H2,1H3/t10-/m1/s1. The Morgan fingerprint density at radius 1 is 1.58 bits per heavy atom. The minimum absolute atomic E-state index is 0.0783. The second kappa shape index (κ2) is 4.86. The lowest BCUT2D eigenvalue weighted by Gasteiger charge is -2.49. The molecule has 2 fully saturated rings. The maximum absolute atomic E-state index is 12.2. The molecule has 102 valence electrons. The van der Waals surface area contributed by atoms with Gasteiger partial charge in [0.1, 0.15) is 11.3 Å². The van der Waals surface area contributed by atoms with Crippen LogP contribution in [0.15, 0.2) is 18.6 Å². The first-order valence-corrected chi connectivity index (χ1v) is 6.43. The van der Waals surface area contributed by atoms with Gasteiger partial charge in [-0.2, -0.15) is 0 Å². The van der Waals surface area contributed by atoms with Crippen LogP contribution < -0.4 is 0 Å². The minimum Gasteiger partial charge on any atom is -0.384 e. The summed E-state index contributed by atoms with van der Waals surface area (Å²) in [6.45, 7) is 2.68. The summed E-state index contributed by atoms with van der Waals surface area (Å²) in [7, 11) is 1.70. The Morgan fingerprint density at radius 2 is 2.42 bits per heavy atom. The number of methoxy groups -OCH3 is 1. The van der Waals surface area contributed by atoms with Crippen molar-refractivity contribution in [3.63, 3.8) is 0 Å². The number of hydrogen-bond donors (Lipinski definition) is 0. The van der Waals surface area contributed by atoms with Gasteiger partial charge in [-0.3, -0.25) is 9.78 Å². The predicted octanol–water partition coefficient (Wildman–Crippen LogP) is 0.354. The zero-order chi connectivity index (χ0) is 13.3. The maximum Gasteiger partial charge on any atom is 0.274 e. The van der Waals surface area contributed by atoms with Gasteiger partial charge in [-0.15, -0.1) is 0 Å².